The largest absolute Gasteiger partial charge is 0.338 e. The zero-order chi connectivity index (χ0) is 16.1. The summed E-state index contributed by atoms with van der Waals surface area (Å²) in [5, 5.41) is 5.63. The molecule has 2 amide bonds. The predicted octanol–water partition coefficient (Wildman–Crippen LogP) is 4.66. The summed E-state index contributed by atoms with van der Waals surface area (Å²) >= 11 is 6.94. The van der Waals surface area contributed by atoms with E-state index >= 15 is 0 Å². The number of carbonyl (C=O) groups excluding carboxylic acids is 1. The van der Waals surface area contributed by atoms with E-state index < -0.39 is 0 Å². The van der Waals surface area contributed by atoms with Crippen LogP contribution in [-0.4, -0.2) is 17.5 Å². The van der Waals surface area contributed by atoms with E-state index in [2.05, 4.69) is 22.8 Å². The van der Waals surface area contributed by atoms with Crippen molar-refractivity contribution in [2.24, 2.45) is 11.8 Å². The number of benzene rings is 1. The van der Waals surface area contributed by atoms with Crippen LogP contribution < -0.4 is 10.6 Å². The van der Waals surface area contributed by atoms with Crippen LogP contribution in [0.4, 0.5) is 10.5 Å². The Labute approximate surface area is 143 Å². The molecular formula is C19H25ClN2O. The highest BCUT2D eigenvalue weighted by molar-refractivity contribution is 6.24. The first-order valence-electron chi connectivity index (χ1n) is 8.85. The van der Waals surface area contributed by atoms with Gasteiger partial charge in [0.15, 0.2) is 0 Å². The molecule has 4 heteroatoms. The molecule has 0 aromatic heterocycles. The van der Waals surface area contributed by atoms with Gasteiger partial charge in [0.2, 0.25) is 0 Å². The van der Waals surface area contributed by atoms with E-state index in [9.17, 15) is 4.79 Å². The van der Waals surface area contributed by atoms with Gasteiger partial charge in [0.1, 0.15) is 0 Å². The molecule has 2 unspecified atom stereocenters. The van der Waals surface area contributed by atoms with E-state index in [0.29, 0.717) is 6.54 Å². The van der Waals surface area contributed by atoms with Gasteiger partial charge in [-0.25, -0.2) is 4.79 Å². The van der Waals surface area contributed by atoms with Gasteiger partial charge < -0.3 is 10.6 Å². The third kappa shape index (κ3) is 2.73. The fourth-order valence-corrected chi connectivity index (χ4v) is 6.42. The van der Waals surface area contributed by atoms with Gasteiger partial charge in [0, 0.05) is 17.1 Å². The molecule has 0 spiro atoms. The minimum absolute atomic E-state index is 0.0437. The first kappa shape index (κ1) is 15.3. The molecule has 4 aliphatic rings. The van der Waals surface area contributed by atoms with Crippen LogP contribution in [0.5, 0.6) is 0 Å². The van der Waals surface area contributed by atoms with Crippen LogP contribution in [0.3, 0.4) is 0 Å². The van der Waals surface area contributed by atoms with Crippen molar-refractivity contribution < 1.29 is 4.79 Å². The van der Waals surface area contributed by atoms with Gasteiger partial charge in [0.25, 0.3) is 0 Å². The van der Waals surface area contributed by atoms with Gasteiger partial charge in [-0.2, -0.15) is 0 Å². The van der Waals surface area contributed by atoms with Crippen LogP contribution in [0, 0.1) is 11.8 Å². The number of hydrogen-bond acceptors (Lipinski definition) is 1. The van der Waals surface area contributed by atoms with Crippen molar-refractivity contribution >= 4 is 23.3 Å². The maximum Gasteiger partial charge on any atom is 0.319 e. The lowest BCUT2D eigenvalue weighted by atomic mass is 9.47. The first-order valence-corrected chi connectivity index (χ1v) is 9.22. The summed E-state index contributed by atoms with van der Waals surface area (Å²) in [6.45, 7) is 2.55. The molecule has 4 aliphatic carbocycles. The van der Waals surface area contributed by atoms with Crippen molar-refractivity contribution in [2.45, 2.75) is 55.7 Å². The second-order valence-corrected chi connectivity index (χ2v) is 8.76. The molecule has 1 aromatic rings. The van der Waals surface area contributed by atoms with E-state index in [1.807, 2.05) is 19.1 Å². The lowest BCUT2D eigenvalue weighted by Gasteiger charge is -2.60. The molecule has 3 nitrogen and oxygen atoms in total. The summed E-state index contributed by atoms with van der Waals surface area (Å²) in [5.41, 5.74) is 2.54. The smallest absolute Gasteiger partial charge is 0.319 e. The molecule has 23 heavy (non-hydrogen) atoms. The Morgan fingerprint density at radius 2 is 1.83 bits per heavy atom. The molecule has 124 valence electrons. The van der Waals surface area contributed by atoms with Crippen LogP contribution in [-0.2, 0) is 5.41 Å². The Balaban J connectivity index is 1.55. The van der Waals surface area contributed by atoms with Gasteiger partial charge in [-0.15, -0.1) is 11.6 Å². The van der Waals surface area contributed by atoms with Crippen molar-refractivity contribution in [1.82, 2.24) is 5.32 Å². The van der Waals surface area contributed by atoms with E-state index in [1.54, 1.807) is 0 Å². The minimum Gasteiger partial charge on any atom is -0.338 e. The first-order chi connectivity index (χ1) is 11.0. The Morgan fingerprint density at radius 1 is 1.17 bits per heavy atom. The van der Waals surface area contributed by atoms with Crippen molar-refractivity contribution in [2.75, 3.05) is 11.9 Å². The number of amides is 2. The third-order valence-corrected chi connectivity index (χ3v) is 6.52. The van der Waals surface area contributed by atoms with Crippen LogP contribution in [0.2, 0.25) is 0 Å². The summed E-state index contributed by atoms with van der Waals surface area (Å²) < 4.78 is 0. The van der Waals surface area contributed by atoms with Crippen molar-refractivity contribution in [3.05, 3.63) is 29.8 Å². The second kappa shape index (κ2) is 5.41. The molecular weight excluding hydrogens is 308 g/mol. The standard InChI is InChI=1S/C19H25ClN2O/c1-2-21-17(23)22-16-5-3-15(4-6-16)18-8-13-7-14(9-18)11-19(20,10-13)12-18/h3-6,13-14H,2,7-12H2,1H3,(H2,21,22,23). The van der Waals surface area contributed by atoms with Crippen molar-refractivity contribution in [3.63, 3.8) is 0 Å². The number of alkyl halides is 1. The molecule has 0 aliphatic heterocycles. The van der Waals surface area contributed by atoms with Gasteiger partial charge in [-0.1, -0.05) is 12.1 Å². The topological polar surface area (TPSA) is 41.1 Å². The van der Waals surface area contributed by atoms with Crippen LogP contribution in [0.25, 0.3) is 0 Å². The molecule has 4 fully saturated rings. The predicted molar refractivity (Wildman–Crippen MR) is 94.1 cm³/mol. The van der Waals surface area contributed by atoms with Crippen LogP contribution >= 0.6 is 11.6 Å². The second-order valence-electron chi connectivity index (χ2n) is 7.95. The number of anilines is 1. The highest BCUT2D eigenvalue weighted by Crippen LogP contribution is 2.64. The van der Waals surface area contributed by atoms with E-state index in [-0.39, 0.29) is 16.3 Å². The Bertz CT molecular complexity index is 598. The molecule has 0 heterocycles. The molecule has 0 saturated heterocycles. The highest BCUT2D eigenvalue weighted by Gasteiger charge is 2.57. The number of urea groups is 1. The van der Waals surface area contributed by atoms with Gasteiger partial charge in [0.05, 0.1) is 0 Å². The van der Waals surface area contributed by atoms with E-state index in [0.717, 1.165) is 23.9 Å². The maximum absolute atomic E-state index is 11.6. The van der Waals surface area contributed by atoms with E-state index in [1.165, 1.54) is 37.7 Å². The summed E-state index contributed by atoms with van der Waals surface area (Å²) in [5.74, 6) is 1.61. The lowest BCUT2D eigenvalue weighted by molar-refractivity contribution is 0.00900. The molecule has 1 aromatic carbocycles. The molecule has 4 bridgehead atoms. The van der Waals surface area contributed by atoms with Crippen LogP contribution in [0.15, 0.2) is 24.3 Å². The minimum atomic E-state index is -0.144. The molecule has 0 radical (unpaired) electrons. The molecule has 4 saturated carbocycles. The zero-order valence-electron chi connectivity index (χ0n) is 13.7. The zero-order valence-corrected chi connectivity index (χ0v) is 14.5. The molecule has 2 atom stereocenters. The Morgan fingerprint density at radius 3 is 2.39 bits per heavy atom. The monoisotopic (exact) mass is 332 g/mol. The summed E-state index contributed by atoms with van der Waals surface area (Å²) in [7, 11) is 0. The summed E-state index contributed by atoms with van der Waals surface area (Å²) in [6, 6.07) is 8.33. The number of nitrogens with one attached hydrogen (secondary N) is 2. The fourth-order valence-electron chi connectivity index (χ4n) is 5.73. The molecule has 5 rings (SSSR count). The molecule has 2 N–H and O–H groups in total. The van der Waals surface area contributed by atoms with Crippen molar-refractivity contribution in [3.8, 4) is 0 Å². The number of hydrogen-bond donors (Lipinski definition) is 2. The average molecular weight is 333 g/mol. The number of halogens is 1. The summed E-state index contributed by atoms with van der Waals surface area (Å²) in [6.07, 6.45) is 7.51. The number of rotatable bonds is 3. The quantitative estimate of drug-likeness (QED) is 0.777. The maximum atomic E-state index is 11.6. The number of carbonyl (C=O) groups is 1. The average Bonchev–Trinajstić information content (AvgIpc) is 2.45. The highest BCUT2D eigenvalue weighted by atomic mass is 35.5. The Hall–Kier alpha value is -1.22. The SMILES string of the molecule is CCNC(=O)Nc1ccc(C23CC4CC(CC(Cl)(C4)C2)C3)cc1. The fraction of sp³-hybridized carbons (Fsp3) is 0.632. The van der Waals surface area contributed by atoms with E-state index in [4.69, 9.17) is 11.6 Å². The van der Waals surface area contributed by atoms with Gasteiger partial charge >= 0.3 is 6.03 Å². The summed E-state index contributed by atoms with van der Waals surface area (Å²) in [4.78, 5) is 11.7. The van der Waals surface area contributed by atoms with Gasteiger partial charge in [-0.05, 0) is 80.4 Å². The Kier molecular flexibility index (Phi) is 3.60. The normalized spacial score (nSPS) is 37.7. The van der Waals surface area contributed by atoms with Crippen LogP contribution in [0.1, 0.15) is 51.0 Å². The van der Waals surface area contributed by atoms with Gasteiger partial charge in [-0.3, -0.25) is 0 Å². The lowest BCUT2D eigenvalue weighted by Crippen LogP contribution is -2.55. The van der Waals surface area contributed by atoms with Crippen molar-refractivity contribution in [1.29, 1.82) is 0 Å². The third-order valence-electron chi connectivity index (χ3n) is 6.08.